The summed E-state index contributed by atoms with van der Waals surface area (Å²) in [5, 5.41) is 3.76. The van der Waals surface area contributed by atoms with Gasteiger partial charge in [0.1, 0.15) is 6.61 Å². The van der Waals surface area contributed by atoms with Crippen LogP contribution < -0.4 is 14.8 Å². The quantitative estimate of drug-likeness (QED) is 0.393. The van der Waals surface area contributed by atoms with Crippen LogP contribution >= 0.6 is 23.4 Å². The van der Waals surface area contributed by atoms with Crippen molar-refractivity contribution in [3.8, 4) is 11.5 Å². The van der Waals surface area contributed by atoms with Gasteiger partial charge in [0.15, 0.2) is 16.7 Å². The largest absolute Gasteiger partial charge is 0.490 e. The normalized spacial score (nSPS) is 15.7. The second-order valence-corrected chi connectivity index (χ2v) is 8.79. The van der Waals surface area contributed by atoms with E-state index < -0.39 is 0 Å². The number of rotatable bonds is 7. The highest BCUT2D eigenvalue weighted by atomic mass is 35.5. The summed E-state index contributed by atoms with van der Waals surface area (Å²) in [6.45, 7) is 4.75. The molecule has 1 saturated heterocycles. The smallest absolute Gasteiger partial charge is 0.264 e. The van der Waals surface area contributed by atoms with Gasteiger partial charge in [0.05, 0.1) is 22.2 Å². The lowest BCUT2D eigenvalue weighted by molar-refractivity contribution is -0.115. The fourth-order valence-electron chi connectivity index (χ4n) is 3.17. The molecule has 1 aliphatic heterocycles. The lowest BCUT2D eigenvalue weighted by Crippen LogP contribution is -2.19. The Labute approximate surface area is 202 Å². The molecule has 168 valence electrons. The molecule has 7 heteroatoms. The first-order valence-corrected chi connectivity index (χ1v) is 11.7. The van der Waals surface area contributed by atoms with Crippen molar-refractivity contribution in [1.29, 1.82) is 0 Å². The Kier molecular flexibility index (Phi) is 7.37. The zero-order valence-corrected chi connectivity index (χ0v) is 19.9. The van der Waals surface area contributed by atoms with Gasteiger partial charge < -0.3 is 14.8 Å². The zero-order chi connectivity index (χ0) is 23.2. The third kappa shape index (κ3) is 5.97. The number of amides is 1. The molecule has 0 spiro atoms. The average Bonchev–Trinajstić information content (AvgIpc) is 3.14. The van der Waals surface area contributed by atoms with E-state index in [-0.39, 0.29) is 5.91 Å². The second kappa shape index (κ2) is 10.6. The zero-order valence-electron chi connectivity index (χ0n) is 18.3. The summed E-state index contributed by atoms with van der Waals surface area (Å²) in [4.78, 5) is 17.5. The topological polar surface area (TPSA) is 59.9 Å². The van der Waals surface area contributed by atoms with E-state index in [1.54, 1.807) is 12.1 Å². The number of halogens is 1. The van der Waals surface area contributed by atoms with Crippen LogP contribution in [0.1, 0.15) is 23.6 Å². The summed E-state index contributed by atoms with van der Waals surface area (Å²) in [5.74, 6) is 0.809. The van der Waals surface area contributed by atoms with Crippen LogP contribution in [0.4, 0.5) is 5.69 Å². The molecule has 1 amide bonds. The van der Waals surface area contributed by atoms with Gasteiger partial charge in [-0.3, -0.25) is 4.79 Å². The molecule has 0 atom stereocenters. The Morgan fingerprint density at radius 1 is 1.06 bits per heavy atom. The summed E-state index contributed by atoms with van der Waals surface area (Å²) in [6.07, 6.45) is 1.77. The van der Waals surface area contributed by atoms with Crippen LogP contribution in [0.3, 0.4) is 0 Å². The molecule has 1 N–H and O–H groups in total. The molecule has 0 saturated carbocycles. The van der Waals surface area contributed by atoms with Gasteiger partial charge in [0, 0.05) is 0 Å². The number of hydrogen-bond donors (Lipinski definition) is 1. The fourth-order valence-corrected chi connectivity index (χ4v) is 4.29. The lowest BCUT2D eigenvalue weighted by atomic mass is 10.1. The predicted molar refractivity (Wildman–Crippen MR) is 135 cm³/mol. The van der Waals surface area contributed by atoms with Crippen LogP contribution in [-0.4, -0.2) is 17.7 Å². The number of benzene rings is 3. The number of aliphatic imine (C=N–C) groups is 1. The molecule has 1 fully saturated rings. The molecule has 0 aromatic heterocycles. The Morgan fingerprint density at radius 3 is 2.55 bits per heavy atom. The van der Waals surface area contributed by atoms with Crippen molar-refractivity contribution in [2.75, 3.05) is 6.61 Å². The molecule has 0 aliphatic carbocycles. The number of nitrogens with one attached hydrogen (secondary N) is 1. The fraction of sp³-hybridized carbons (Fsp3) is 0.154. The highest BCUT2D eigenvalue weighted by Gasteiger charge is 2.24. The molecule has 0 bridgehead atoms. The van der Waals surface area contributed by atoms with Crippen molar-refractivity contribution in [2.24, 2.45) is 4.99 Å². The van der Waals surface area contributed by atoms with E-state index in [1.165, 1.54) is 11.8 Å². The average molecular weight is 479 g/mol. The summed E-state index contributed by atoms with van der Waals surface area (Å²) < 4.78 is 11.7. The van der Waals surface area contributed by atoms with Crippen molar-refractivity contribution < 1.29 is 14.3 Å². The minimum atomic E-state index is -0.204. The number of thioether (sulfide) groups is 1. The van der Waals surface area contributed by atoms with E-state index in [0.29, 0.717) is 39.8 Å². The van der Waals surface area contributed by atoms with E-state index in [9.17, 15) is 4.79 Å². The number of carbonyl (C=O) groups is 1. The monoisotopic (exact) mass is 478 g/mol. The number of carbonyl (C=O) groups excluding carboxylic acids is 1. The van der Waals surface area contributed by atoms with E-state index in [2.05, 4.69) is 10.3 Å². The van der Waals surface area contributed by atoms with Gasteiger partial charge in [-0.2, -0.15) is 0 Å². The van der Waals surface area contributed by atoms with Gasteiger partial charge in [0.25, 0.3) is 5.91 Å². The van der Waals surface area contributed by atoms with Gasteiger partial charge in [-0.05, 0) is 67.1 Å². The molecule has 5 nitrogen and oxygen atoms in total. The molecular weight excluding hydrogens is 456 g/mol. The number of nitrogens with zero attached hydrogens (tertiary/aromatic N) is 1. The molecule has 0 unspecified atom stereocenters. The highest BCUT2D eigenvalue weighted by molar-refractivity contribution is 8.18. The van der Waals surface area contributed by atoms with Crippen molar-refractivity contribution in [1.82, 2.24) is 5.32 Å². The van der Waals surface area contributed by atoms with Crippen molar-refractivity contribution in [2.45, 2.75) is 20.5 Å². The van der Waals surface area contributed by atoms with Gasteiger partial charge in [-0.1, -0.05) is 59.6 Å². The van der Waals surface area contributed by atoms with Crippen LogP contribution in [0, 0.1) is 6.92 Å². The van der Waals surface area contributed by atoms with Crippen molar-refractivity contribution >= 4 is 46.2 Å². The van der Waals surface area contributed by atoms with Crippen LogP contribution in [0.25, 0.3) is 6.08 Å². The van der Waals surface area contributed by atoms with E-state index >= 15 is 0 Å². The predicted octanol–water partition coefficient (Wildman–Crippen LogP) is 6.52. The van der Waals surface area contributed by atoms with Crippen LogP contribution in [0.15, 0.2) is 76.6 Å². The highest BCUT2D eigenvalue weighted by Crippen LogP contribution is 2.39. The van der Waals surface area contributed by atoms with Crippen molar-refractivity contribution in [3.63, 3.8) is 0 Å². The first-order chi connectivity index (χ1) is 16.0. The van der Waals surface area contributed by atoms with E-state index in [1.807, 2.05) is 74.5 Å². The molecule has 0 radical (unpaired) electrons. The molecule has 1 aliphatic rings. The lowest BCUT2D eigenvalue weighted by Gasteiger charge is -2.14. The third-order valence-corrected chi connectivity index (χ3v) is 5.96. The SMILES string of the molecule is CCOc1cc(/C=C2\SC(=Nc3ccc(C)cc3)NC2=O)cc(Cl)c1OCc1ccccc1. The van der Waals surface area contributed by atoms with Crippen LogP contribution in [0.2, 0.25) is 5.02 Å². The van der Waals surface area contributed by atoms with Crippen LogP contribution in [-0.2, 0) is 11.4 Å². The maximum absolute atomic E-state index is 12.5. The maximum Gasteiger partial charge on any atom is 0.264 e. The van der Waals surface area contributed by atoms with E-state index in [4.69, 9.17) is 21.1 Å². The Balaban J connectivity index is 1.55. The third-order valence-electron chi connectivity index (χ3n) is 4.77. The summed E-state index contributed by atoms with van der Waals surface area (Å²) in [5.41, 5.74) is 3.71. The van der Waals surface area contributed by atoms with E-state index in [0.717, 1.165) is 22.4 Å². The first-order valence-electron chi connectivity index (χ1n) is 10.5. The van der Waals surface area contributed by atoms with Crippen molar-refractivity contribution in [3.05, 3.63) is 93.3 Å². The minimum Gasteiger partial charge on any atom is -0.490 e. The Bertz CT molecular complexity index is 1210. The molecule has 33 heavy (non-hydrogen) atoms. The second-order valence-electron chi connectivity index (χ2n) is 7.35. The van der Waals surface area contributed by atoms with Gasteiger partial charge in [-0.15, -0.1) is 0 Å². The van der Waals surface area contributed by atoms with Crippen LogP contribution in [0.5, 0.6) is 11.5 Å². The van der Waals surface area contributed by atoms with Gasteiger partial charge in [0.2, 0.25) is 0 Å². The first kappa shape index (κ1) is 23.0. The summed E-state index contributed by atoms with van der Waals surface area (Å²) in [6, 6.07) is 21.2. The number of ether oxygens (including phenoxy) is 2. The molecule has 3 aromatic carbocycles. The molecule has 4 rings (SSSR count). The Morgan fingerprint density at radius 2 is 1.82 bits per heavy atom. The summed E-state index contributed by atoms with van der Waals surface area (Å²) in [7, 11) is 0. The molecular formula is C26H23ClN2O3S. The minimum absolute atomic E-state index is 0.204. The molecule has 3 aromatic rings. The Hall–Kier alpha value is -3.22. The number of amidine groups is 1. The summed E-state index contributed by atoms with van der Waals surface area (Å²) >= 11 is 7.83. The number of aryl methyl sites for hydroxylation is 1. The van der Waals surface area contributed by atoms with Gasteiger partial charge in [-0.25, -0.2) is 4.99 Å². The maximum atomic E-state index is 12.5. The standard InChI is InChI=1S/C26H23ClN2O3S/c1-3-31-22-14-19(13-21(27)24(22)32-16-18-7-5-4-6-8-18)15-23-25(30)29-26(33-23)28-20-11-9-17(2)10-12-20/h4-15H,3,16H2,1-2H3,(H,28,29,30)/b23-15-. The molecule has 1 heterocycles. The van der Waals surface area contributed by atoms with Gasteiger partial charge >= 0.3 is 0 Å². The number of hydrogen-bond acceptors (Lipinski definition) is 5.